The average Bonchev–Trinajstić information content (AvgIpc) is 3.26. The van der Waals surface area contributed by atoms with Gasteiger partial charge in [-0.25, -0.2) is 0 Å². The molecule has 32 heavy (non-hydrogen) atoms. The highest BCUT2D eigenvalue weighted by atomic mass is 16.5. The molecular formula is C28H20N2O2. The van der Waals surface area contributed by atoms with Gasteiger partial charge in [0.2, 0.25) is 0 Å². The fraction of sp³-hybridized carbons (Fsp3) is 0.107. The minimum absolute atomic E-state index is 0.0240. The first-order chi connectivity index (χ1) is 15.8. The molecule has 1 spiro atoms. The van der Waals surface area contributed by atoms with Gasteiger partial charge < -0.3 is 4.74 Å². The molecule has 0 bridgehead atoms. The Bertz CT molecular complexity index is 1290. The monoisotopic (exact) mass is 416 g/mol. The summed E-state index contributed by atoms with van der Waals surface area (Å²) in [5.74, 6) is 0.906. The Morgan fingerprint density at radius 1 is 0.688 bits per heavy atom. The lowest BCUT2D eigenvalue weighted by Crippen LogP contribution is -2.41. The molecule has 0 saturated heterocycles. The minimum atomic E-state index is -0.959. The zero-order valence-electron chi connectivity index (χ0n) is 17.3. The van der Waals surface area contributed by atoms with Gasteiger partial charge in [0, 0.05) is 16.7 Å². The van der Waals surface area contributed by atoms with E-state index in [2.05, 4.69) is 0 Å². The Morgan fingerprint density at radius 3 is 1.84 bits per heavy atom. The lowest BCUT2D eigenvalue weighted by Gasteiger charge is -2.38. The summed E-state index contributed by atoms with van der Waals surface area (Å²) in [6.07, 6.45) is 0. The molecule has 0 aliphatic carbocycles. The van der Waals surface area contributed by atoms with Gasteiger partial charge >= 0.3 is 0 Å². The summed E-state index contributed by atoms with van der Waals surface area (Å²) in [6, 6.07) is 34.7. The van der Waals surface area contributed by atoms with Gasteiger partial charge in [-0.05, 0) is 17.7 Å². The van der Waals surface area contributed by atoms with Crippen LogP contribution in [0.2, 0.25) is 0 Å². The second-order valence-electron chi connectivity index (χ2n) is 8.14. The molecule has 4 nitrogen and oxygen atoms in total. The second-order valence-corrected chi connectivity index (χ2v) is 8.14. The van der Waals surface area contributed by atoms with Gasteiger partial charge in [-0.1, -0.05) is 97.1 Å². The van der Waals surface area contributed by atoms with Crippen molar-refractivity contribution in [3.8, 4) is 11.5 Å². The summed E-state index contributed by atoms with van der Waals surface area (Å²) >= 11 is 0. The number of para-hydroxylation sites is 2. The highest BCUT2D eigenvalue weighted by Gasteiger charge is 2.58. The van der Waals surface area contributed by atoms with Gasteiger partial charge in [0.05, 0.1) is 5.92 Å². The predicted octanol–water partition coefficient (Wildman–Crippen LogP) is 6.74. The van der Waals surface area contributed by atoms with Crippen LogP contribution in [0.5, 0.6) is 11.5 Å². The molecule has 0 saturated carbocycles. The second kappa shape index (κ2) is 7.27. The number of hydrogen-bond acceptors (Lipinski definition) is 4. The van der Waals surface area contributed by atoms with Crippen molar-refractivity contribution < 1.29 is 9.53 Å². The SMILES string of the molecule is O=C(c1ccccc1)C1C(c2ccccc2)N=NC12c1ccccc1Oc1ccccc12. The van der Waals surface area contributed by atoms with Crippen molar-refractivity contribution in [1.82, 2.24) is 0 Å². The molecule has 0 N–H and O–H groups in total. The van der Waals surface area contributed by atoms with Crippen molar-refractivity contribution in [3.05, 3.63) is 131 Å². The predicted molar refractivity (Wildman–Crippen MR) is 122 cm³/mol. The smallest absolute Gasteiger partial charge is 0.171 e. The van der Waals surface area contributed by atoms with Crippen molar-refractivity contribution in [3.63, 3.8) is 0 Å². The maximum absolute atomic E-state index is 14.2. The Morgan fingerprint density at radius 2 is 1.22 bits per heavy atom. The van der Waals surface area contributed by atoms with E-state index in [9.17, 15) is 4.79 Å². The van der Waals surface area contributed by atoms with E-state index in [4.69, 9.17) is 15.0 Å². The molecule has 0 radical (unpaired) electrons. The standard InChI is InChI=1S/C28H20N2O2/c31-27(20-13-5-2-6-14-20)25-26(19-11-3-1-4-12-19)29-30-28(25)21-15-7-9-17-23(21)32-24-18-10-8-16-22(24)28/h1-18,25-26H. The number of fused-ring (bicyclic) bond motifs is 4. The number of carbonyl (C=O) groups is 1. The Hall–Kier alpha value is -4.05. The molecule has 4 heteroatoms. The molecular weight excluding hydrogens is 396 g/mol. The first-order valence-electron chi connectivity index (χ1n) is 10.7. The van der Waals surface area contributed by atoms with Crippen molar-refractivity contribution in [1.29, 1.82) is 0 Å². The molecule has 154 valence electrons. The molecule has 2 unspecified atom stereocenters. The van der Waals surface area contributed by atoms with Crippen LogP contribution < -0.4 is 4.74 Å². The van der Waals surface area contributed by atoms with E-state index in [0.29, 0.717) is 17.1 Å². The van der Waals surface area contributed by atoms with Gasteiger partial charge in [0.1, 0.15) is 17.5 Å². The fourth-order valence-electron chi connectivity index (χ4n) is 4.98. The summed E-state index contributed by atoms with van der Waals surface area (Å²) in [5.41, 5.74) is 2.42. The normalized spacial score (nSPS) is 19.8. The van der Waals surface area contributed by atoms with Crippen LogP contribution in [0.4, 0.5) is 0 Å². The maximum atomic E-state index is 14.2. The van der Waals surface area contributed by atoms with Crippen molar-refractivity contribution in [2.24, 2.45) is 16.1 Å². The number of rotatable bonds is 3. The molecule has 2 aliphatic rings. The number of benzene rings is 4. The summed E-state index contributed by atoms with van der Waals surface area (Å²) in [7, 11) is 0. The van der Waals surface area contributed by atoms with Crippen LogP contribution in [0, 0.1) is 5.92 Å². The molecule has 6 rings (SSSR count). The van der Waals surface area contributed by atoms with Gasteiger partial charge in [-0.2, -0.15) is 10.2 Å². The largest absolute Gasteiger partial charge is 0.457 e. The van der Waals surface area contributed by atoms with E-state index in [1.165, 1.54) is 0 Å². The molecule has 4 aromatic rings. The average molecular weight is 416 g/mol. The fourth-order valence-corrected chi connectivity index (χ4v) is 4.98. The number of carbonyl (C=O) groups excluding carboxylic acids is 1. The third kappa shape index (κ3) is 2.66. The van der Waals surface area contributed by atoms with Gasteiger partial charge in [0.25, 0.3) is 0 Å². The van der Waals surface area contributed by atoms with E-state index in [1.54, 1.807) is 0 Å². The highest BCUT2D eigenvalue weighted by Crippen LogP contribution is 2.59. The first-order valence-corrected chi connectivity index (χ1v) is 10.7. The zero-order chi connectivity index (χ0) is 21.5. The van der Waals surface area contributed by atoms with Gasteiger partial charge in [-0.15, -0.1) is 0 Å². The molecule has 0 amide bonds. The summed E-state index contributed by atoms with van der Waals surface area (Å²) in [5, 5.41) is 9.68. The number of nitrogens with zero attached hydrogens (tertiary/aromatic N) is 2. The van der Waals surface area contributed by atoms with E-state index in [-0.39, 0.29) is 5.78 Å². The van der Waals surface area contributed by atoms with Crippen LogP contribution in [-0.4, -0.2) is 5.78 Å². The number of azo groups is 1. The third-order valence-corrected chi connectivity index (χ3v) is 6.40. The molecule has 0 fully saturated rings. The van der Waals surface area contributed by atoms with E-state index in [1.807, 2.05) is 109 Å². The van der Waals surface area contributed by atoms with Crippen LogP contribution >= 0.6 is 0 Å². The number of ether oxygens (including phenoxy) is 1. The van der Waals surface area contributed by atoms with Gasteiger partial charge in [0.15, 0.2) is 11.3 Å². The van der Waals surface area contributed by atoms with Crippen LogP contribution in [0.25, 0.3) is 0 Å². The first kappa shape index (κ1) is 18.7. The van der Waals surface area contributed by atoms with Crippen molar-refractivity contribution in [2.75, 3.05) is 0 Å². The maximum Gasteiger partial charge on any atom is 0.171 e. The summed E-state index contributed by atoms with van der Waals surface area (Å²) in [6.45, 7) is 0. The Balaban J connectivity index is 1.63. The molecule has 4 aromatic carbocycles. The summed E-state index contributed by atoms with van der Waals surface area (Å²) < 4.78 is 6.23. The highest BCUT2D eigenvalue weighted by molar-refractivity contribution is 6.00. The Labute approximate surface area is 186 Å². The van der Waals surface area contributed by atoms with Crippen LogP contribution in [0.3, 0.4) is 0 Å². The molecule has 2 atom stereocenters. The molecule has 2 heterocycles. The Kier molecular flexibility index (Phi) is 4.25. The van der Waals surface area contributed by atoms with Crippen molar-refractivity contribution >= 4 is 5.78 Å². The topological polar surface area (TPSA) is 51.0 Å². The number of Topliss-reactive ketones (excluding diaryl/α,β-unsaturated/α-hetero) is 1. The van der Waals surface area contributed by atoms with E-state index < -0.39 is 17.5 Å². The number of hydrogen-bond donors (Lipinski definition) is 0. The number of ketones is 1. The summed E-state index contributed by atoms with van der Waals surface area (Å²) in [4.78, 5) is 14.2. The lowest BCUT2D eigenvalue weighted by atomic mass is 9.66. The van der Waals surface area contributed by atoms with Gasteiger partial charge in [-0.3, -0.25) is 4.79 Å². The van der Waals surface area contributed by atoms with Crippen LogP contribution in [0.15, 0.2) is 119 Å². The quantitative estimate of drug-likeness (QED) is 0.347. The van der Waals surface area contributed by atoms with Crippen LogP contribution in [-0.2, 0) is 5.54 Å². The van der Waals surface area contributed by atoms with E-state index in [0.717, 1.165) is 16.7 Å². The van der Waals surface area contributed by atoms with Crippen LogP contribution in [0.1, 0.15) is 33.1 Å². The van der Waals surface area contributed by atoms with E-state index >= 15 is 0 Å². The third-order valence-electron chi connectivity index (χ3n) is 6.40. The van der Waals surface area contributed by atoms with Crippen molar-refractivity contribution in [2.45, 2.75) is 11.6 Å². The minimum Gasteiger partial charge on any atom is -0.457 e. The molecule has 2 aliphatic heterocycles. The lowest BCUT2D eigenvalue weighted by molar-refractivity contribution is 0.0862. The molecule has 0 aromatic heterocycles. The zero-order valence-corrected chi connectivity index (χ0v) is 17.3.